The number of hydrogen-bond donors (Lipinski definition) is 1. The molecule has 0 aromatic rings. The zero-order chi connectivity index (χ0) is 4.41. The summed E-state index contributed by atoms with van der Waals surface area (Å²) in [4.78, 5) is 0. The maximum absolute atomic E-state index is 3.38. The molecule has 0 aliphatic carbocycles. The van der Waals surface area contributed by atoms with Crippen molar-refractivity contribution in [1.82, 2.24) is 5.32 Å². The molecule has 1 aliphatic heterocycles. The minimum atomic E-state index is 0.448. The Kier molecular flexibility index (Phi) is 1.76. The van der Waals surface area contributed by atoms with Crippen LogP contribution in [0.4, 0.5) is 0 Å². The van der Waals surface area contributed by atoms with Crippen LogP contribution in [0.3, 0.4) is 0 Å². The number of hydrogen-bond acceptors (Lipinski definition) is 1. The van der Waals surface area contributed by atoms with Gasteiger partial charge in [-0.15, -0.1) is 0 Å². The van der Waals surface area contributed by atoms with E-state index in [1.807, 2.05) is 0 Å². The second-order valence-electron chi connectivity index (χ2n) is 1.62. The normalized spacial score (nSPS) is 34.5. The Morgan fingerprint density at radius 1 is 1.83 bits per heavy atom. The van der Waals surface area contributed by atoms with Gasteiger partial charge in [-0.2, -0.15) is 0 Å². The van der Waals surface area contributed by atoms with Crippen molar-refractivity contribution in [2.75, 3.05) is 4.59 Å². The molecule has 0 bridgehead atoms. The van der Waals surface area contributed by atoms with E-state index < -0.39 is 0 Å². The molecular formula is C4H9NTe. The van der Waals surface area contributed by atoms with E-state index >= 15 is 0 Å². The predicted octanol–water partition coefficient (Wildman–Crippen LogP) is 0.0581. The third kappa shape index (κ3) is 1.11. The Labute approximate surface area is 48.6 Å². The molecule has 1 heterocycles. The molecular weight excluding hydrogens is 190 g/mol. The van der Waals surface area contributed by atoms with E-state index in [1.165, 1.54) is 9.06 Å². The monoisotopic (exact) mass is 201 g/mol. The molecule has 1 N–H and O–H groups in total. The summed E-state index contributed by atoms with van der Waals surface area (Å²) in [5, 5.41) is 3.38. The summed E-state index contributed by atoms with van der Waals surface area (Å²) < 4.78 is 2.87. The Morgan fingerprint density at radius 3 is 2.83 bits per heavy atom. The van der Waals surface area contributed by atoms with Gasteiger partial charge in [0, 0.05) is 0 Å². The molecule has 6 heavy (non-hydrogen) atoms. The van der Waals surface area contributed by atoms with Crippen LogP contribution in [0.15, 0.2) is 0 Å². The molecule has 36 valence electrons. The third-order valence-corrected chi connectivity index (χ3v) is 4.06. The van der Waals surface area contributed by atoms with Gasteiger partial charge in [-0.25, -0.2) is 0 Å². The minimum absolute atomic E-state index is 0.448. The van der Waals surface area contributed by atoms with E-state index in [9.17, 15) is 0 Å². The second-order valence-corrected chi connectivity index (χ2v) is 4.56. The molecule has 0 aromatic heterocycles. The Hall–Kier alpha value is 0.750. The fourth-order valence-electron chi connectivity index (χ4n) is 0.496. The molecule has 1 unspecified atom stereocenters. The SMILES string of the molecule is CC1C[Te]CN1. The predicted molar refractivity (Wildman–Crippen MR) is 28.0 cm³/mol. The number of rotatable bonds is 0. The maximum atomic E-state index is 3.38. The first-order valence-electron chi connectivity index (χ1n) is 2.21. The van der Waals surface area contributed by atoms with Gasteiger partial charge in [0.2, 0.25) is 0 Å². The van der Waals surface area contributed by atoms with Gasteiger partial charge in [0.1, 0.15) is 0 Å². The van der Waals surface area contributed by atoms with E-state index in [0.717, 1.165) is 6.04 Å². The van der Waals surface area contributed by atoms with Gasteiger partial charge in [0.25, 0.3) is 0 Å². The van der Waals surface area contributed by atoms with E-state index in [1.54, 1.807) is 0 Å². The molecule has 0 amide bonds. The van der Waals surface area contributed by atoms with Crippen LogP contribution in [-0.2, 0) is 0 Å². The van der Waals surface area contributed by atoms with Crippen molar-refractivity contribution >= 4 is 20.9 Å². The van der Waals surface area contributed by atoms with Crippen molar-refractivity contribution in [2.24, 2.45) is 0 Å². The summed E-state index contributed by atoms with van der Waals surface area (Å²) in [7, 11) is 0. The number of nitrogens with one attached hydrogen (secondary N) is 1. The molecule has 1 nitrogen and oxygen atoms in total. The summed E-state index contributed by atoms with van der Waals surface area (Å²) in [6, 6.07) is 0.854. The molecule has 0 saturated carbocycles. The second kappa shape index (κ2) is 2.16. The molecule has 0 aromatic carbocycles. The van der Waals surface area contributed by atoms with Gasteiger partial charge in [-0.1, -0.05) is 0 Å². The van der Waals surface area contributed by atoms with E-state index in [0.29, 0.717) is 20.9 Å². The Bertz CT molecular complexity index is 40.8. The first-order chi connectivity index (χ1) is 2.89. The summed E-state index contributed by atoms with van der Waals surface area (Å²) in [6.45, 7) is 2.26. The quantitative estimate of drug-likeness (QED) is 0.543. The van der Waals surface area contributed by atoms with Crippen molar-refractivity contribution in [2.45, 2.75) is 17.4 Å². The molecule has 1 fully saturated rings. The molecule has 1 atom stereocenters. The van der Waals surface area contributed by atoms with Crippen molar-refractivity contribution in [3.63, 3.8) is 0 Å². The first kappa shape index (κ1) is 4.90. The summed E-state index contributed by atoms with van der Waals surface area (Å²) in [5.74, 6) is 0. The topological polar surface area (TPSA) is 12.0 Å². The summed E-state index contributed by atoms with van der Waals surface area (Å²) in [6.07, 6.45) is 0. The first-order valence-corrected chi connectivity index (χ1v) is 5.50. The summed E-state index contributed by atoms with van der Waals surface area (Å²) >= 11 is 0.448. The Balaban J connectivity index is 2.18. The van der Waals surface area contributed by atoms with Crippen molar-refractivity contribution in [3.05, 3.63) is 0 Å². The molecule has 1 saturated heterocycles. The van der Waals surface area contributed by atoms with Crippen LogP contribution in [0.25, 0.3) is 0 Å². The summed E-state index contributed by atoms with van der Waals surface area (Å²) in [5.41, 5.74) is 0. The van der Waals surface area contributed by atoms with Crippen LogP contribution in [0.2, 0.25) is 4.47 Å². The van der Waals surface area contributed by atoms with Gasteiger partial charge in [-0.3, -0.25) is 0 Å². The van der Waals surface area contributed by atoms with Crippen LogP contribution in [0.5, 0.6) is 0 Å². The fraction of sp³-hybridized carbons (Fsp3) is 1.00. The zero-order valence-electron chi connectivity index (χ0n) is 3.90. The molecule has 1 rings (SSSR count). The van der Waals surface area contributed by atoms with Gasteiger partial charge in [0.05, 0.1) is 0 Å². The molecule has 0 radical (unpaired) electrons. The van der Waals surface area contributed by atoms with Crippen molar-refractivity contribution in [3.8, 4) is 0 Å². The van der Waals surface area contributed by atoms with Crippen LogP contribution < -0.4 is 5.32 Å². The van der Waals surface area contributed by atoms with E-state index in [4.69, 9.17) is 0 Å². The molecule has 1 aliphatic rings. The van der Waals surface area contributed by atoms with Crippen LogP contribution in [0.1, 0.15) is 6.92 Å². The fourth-order valence-corrected chi connectivity index (χ4v) is 3.33. The van der Waals surface area contributed by atoms with Gasteiger partial charge in [-0.05, 0) is 0 Å². The van der Waals surface area contributed by atoms with Gasteiger partial charge in [0.15, 0.2) is 0 Å². The molecule has 0 spiro atoms. The van der Waals surface area contributed by atoms with Gasteiger partial charge < -0.3 is 0 Å². The average Bonchev–Trinajstić information content (AvgIpc) is 1.86. The van der Waals surface area contributed by atoms with Crippen LogP contribution >= 0.6 is 0 Å². The van der Waals surface area contributed by atoms with Crippen molar-refractivity contribution < 1.29 is 0 Å². The Morgan fingerprint density at radius 2 is 2.67 bits per heavy atom. The van der Waals surface area contributed by atoms with Crippen molar-refractivity contribution in [1.29, 1.82) is 0 Å². The average molecular weight is 199 g/mol. The standard InChI is InChI=1S/C4H9NTe/c1-4-2-6-3-5-4/h4-5H,2-3H2,1H3. The van der Waals surface area contributed by atoms with Crippen LogP contribution in [-0.4, -0.2) is 31.6 Å². The van der Waals surface area contributed by atoms with E-state index in [2.05, 4.69) is 12.2 Å². The van der Waals surface area contributed by atoms with E-state index in [-0.39, 0.29) is 0 Å². The zero-order valence-corrected chi connectivity index (χ0v) is 6.23. The van der Waals surface area contributed by atoms with Gasteiger partial charge >= 0.3 is 48.3 Å². The molecule has 2 heteroatoms. The third-order valence-electron chi connectivity index (χ3n) is 0.902. The van der Waals surface area contributed by atoms with Crippen LogP contribution in [0, 0.1) is 0 Å².